The third kappa shape index (κ3) is 6.01. The molecule has 270 valence electrons. The number of benzene rings is 5. The standard InChI is InChI=1S/C50H40N6/c51-54-52-29-11-12-34-25-27-35(28-26-34)38-32-45(36-13-9-15-39(30-36)55-47-21-5-1-17-41(47)42-18-2-6-22-48(42)55)53-46(33-38)37-14-10-16-40(31-37)56-49-23-7-3-19-43(49)44-20-4-8-24-50(44)56/h1-10,13-28,30-33,41,43,47,49H,11-12,29H2. The Morgan fingerprint density at radius 1 is 0.536 bits per heavy atom. The van der Waals surface area contributed by atoms with Crippen molar-refractivity contribution < 1.29 is 0 Å². The lowest BCUT2D eigenvalue weighted by Gasteiger charge is -2.29. The van der Waals surface area contributed by atoms with Gasteiger partial charge in [0.25, 0.3) is 0 Å². The van der Waals surface area contributed by atoms with Gasteiger partial charge in [-0.15, -0.1) is 0 Å². The van der Waals surface area contributed by atoms with Crippen molar-refractivity contribution in [1.29, 1.82) is 0 Å². The zero-order chi connectivity index (χ0) is 37.4. The third-order valence-electron chi connectivity index (χ3n) is 11.7. The molecule has 0 amide bonds. The molecule has 0 saturated heterocycles. The van der Waals surface area contributed by atoms with E-state index < -0.39 is 0 Å². The normalized spacial score (nSPS) is 19.6. The molecular weight excluding hydrogens is 685 g/mol. The van der Waals surface area contributed by atoms with Crippen molar-refractivity contribution in [3.8, 4) is 33.6 Å². The van der Waals surface area contributed by atoms with Crippen molar-refractivity contribution >= 4 is 22.7 Å². The van der Waals surface area contributed by atoms with Crippen LogP contribution in [0.1, 0.15) is 34.9 Å². The molecule has 0 radical (unpaired) electrons. The first kappa shape index (κ1) is 33.7. The highest BCUT2D eigenvalue weighted by molar-refractivity contribution is 5.83. The van der Waals surface area contributed by atoms with E-state index in [0.29, 0.717) is 18.4 Å². The summed E-state index contributed by atoms with van der Waals surface area (Å²) in [7, 11) is 0. The number of rotatable bonds is 9. The molecular formula is C50H40N6. The molecule has 6 heteroatoms. The molecule has 4 aliphatic rings. The van der Waals surface area contributed by atoms with Crippen molar-refractivity contribution in [2.24, 2.45) is 5.11 Å². The number of anilines is 4. The van der Waals surface area contributed by atoms with E-state index in [1.165, 1.54) is 28.1 Å². The summed E-state index contributed by atoms with van der Waals surface area (Å²) in [4.78, 5) is 13.3. The van der Waals surface area contributed by atoms with Crippen LogP contribution in [0.15, 0.2) is 187 Å². The second-order valence-corrected chi connectivity index (χ2v) is 14.9. The number of hydrogen-bond acceptors (Lipinski definition) is 4. The highest BCUT2D eigenvalue weighted by Gasteiger charge is 2.38. The number of aromatic nitrogens is 1. The molecule has 3 heterocycles. The Kier molecular flexibility index (Phi) is 8.66. The average molecular weight is 725 g/mol. The molecule has 0 spiro atoms. The summed E-state index contributed by atoms with van der Waals surface area (Å²) in [5, 5.41) is 3.71. The van der Waals surface area contributed by atoms with Gasteiger partial charge in [-0.1, -0.05) is 139 Å². The first-order valence-corrected chi connectivity index (χ1v) is 19.5. The first-order valence-electron chi connectivity index (χ1n) is 19.5. The van der Waals surface area contributed by atoms with E-state index in [1.807, 2.05) is 0 Å². The Balaban J connectivity index is 1.06. The molecule has 2 aliphatic heterocycles. The van der Waals surface area contributed by atoms with E-state index >= 15 is 0 Å². The van der Waals surface area contributed by atoms with Crippen LogP contribution in [0, 0.1) is 0 Å². The zero-order valence-electron chi connectivity index (χ0n) is 30.9. The van der Waals surface area contributed by atoms with Crippen molar-refractivity contribution in [2.75, 3.05) is 16.3 Å². The summed E-state index contributed by atoms with van der Waals surface area (Å²) in [6, 6.07) is 49.0. The summed E-state index contributed by atoms with van der Waals surface area (Å²) in [6.07, 6.45) is 19.7. The van der Waals surface area contributed by atoms with Crippen LogP contribution >= 0.6 is 0 Å². The molecule has 6 aromatic rings. The first-order chi connectivity index (χ1) is 27.7. The van der Waals surface area contributed by atoms with Crippen LogP contribution in [-0.4, -0.2) is 23.6 Å². The Bertz CT molecular complexity index is 2480. The maximum Gasteiger partial charge on any atom is 0.0716 e. The lowest BCUT2D eigenvalue weighted by atomic mass is 9.91. The van der Waals surface area contributed by atoms with Gasteiger partial charge >= 0.3 is 0 Å². The van der Waals surface area contributed by atoms with Gasteiger partial charge in [0.15, 0.2) is 0 Å². The molecule has 5 aromatic carbocycles. The summed E-state index contributed by atoms with van der Waals surface area (Å²) < 4.78 is 0. The minimum absolute atomic E-state index is 0.222. The minimum atomic E-state index is 0.222. The Morgan fingerprint density at radius 3 is 1.62 bits per heavy atom. The smallest absolute Gasteiger partial charge is 0.0716 e. The van der Waals surface area contributed by atoms with Gasteiger partial charge in [0.2, 0.25) is 0 Å². The van der Waals surface area contributed by atoms with Crippen molar-refractivity contribution in [2.45, 2.75) is 36.8 Å². The van der Waals surface area contributed by atoms with Gasteiger partial charge in [0, 0.05) is 57.2 Å². The minimum Gasteiger partial charge on any atom is -0.333 e. The molecule has 0 bridgehead atoms. The molecule has 56 heavy (non-hydrogen) atoms. The molecule has 0 fully saturated rings. The average Bonchev–Trinajstić information content (AvgIpc) is 3.79. The van der Waals surface area contributed by atoms with Crippen molar-refractivity contribution in [1.82, 2.24) is 4.98 Å². The fourth-order valence-corrected chi connectivity index (χ4v) is 9.07. The molecule has 2 aliphatic carbocycles. The van der Waals surface area contributed by atoms with Crippen molar-refractivity contribution in [3.05, 3.63) is 209 Å². The molecule has 0 N–H and O–H groups in total. The summed E-state index contributed by atoms with van der Waals surface area (Å²) >= 11 is 0. The van der Waals surface area contributed by atoms with Crippen LogP contribution in [-0.2, 0) is 6.42 Å². The molecule has 0 saturated carbocycles. The monoisotopic (exact) mass is 724 g/mol. The Labute approximate surface area is 327 Å². The maximum atomic E-state index is 8.68. The van der Waals surface area contributed by atoms with Crippen LogP contribution in [0.2, 0.25) is 0 Å². The fourth-order valence-electron chi connectivity index (χ4n) is 9.07. The van der Waals surface area contributed by atoms with Crippen LogP contribution in [0.4, 0.5) is 22.7 Å². The maximum absolute atomic E-state index is 8.68. The van der Waals surface area contributed by atoms with Gasteiger partial charge < -0.3 is 9.80 Å². The molecule has 4 unspecified atom stereocenters. The number of nitrogens with zero attached hydrogens (tertiary/aromatic N) is 6. The predicted octanol–water partition coefficient (Wildman–Crippen LogP) is 12.8. The zero-order valence-corrected chi connectivity index (χ0v) is 30.9. The van der Waals surface area contributed by atoms with Gasteiger partial charge in [-0.05, 0) is 94.7 Å². The lowest BCUT2D eigenvalue weighted by molar-refractivity contribution is 0.745. The highest BCUT2D eigenvalue weighted by Crippen LogP contribution is 2.49. The second kappa shape index (κ2) is 14.4. The van der Waals surface area contributed by atoms with E-state index in [0.717, 1.165) is 57.9 Å². The molecule has 10 rings (SSSR count). The van der Waals surface area contributed by atoms with Gasteiger partial charge in [-0.25, -0.2) is 4.98 Å². The SMILES string of the molecule is [N-]=[N+]=NCCCc1ccc(-c2cc(-c3cccc(N4c5ccccc5C5C=CC=CC54)c3)nc(-c3cccc(N4c5ccccc5C5C=CC=CC54)c3)c2)cc1. The largest absolute Gasteiger partial charge is 0.333 e. The molecule has 1 aromatic heterocycles. The Morgan fingerprint density at radius 2 is 1.07 bits per heavy atom. The summed E-state index contributed by atoms with van der Waals surface area (Å²) in [5.74, 6) is 0.639. The number of para-hydroxylation sites is 2. The highest BCUT2D eigenvalue weighted by atomic mass is 15.2. The van der Waals surface area contributed by atoms with Crippen molar-refractivity contribution in [3.63, 3.8) is 0 Å². The van der Waals surface area contributed by atoms with E-state index in [9.17, 15) is 0 Å². The van der Waals surface area contributed by atoms with E-state index in [4.69, 9.17) is 10.5 Å². The van der Waals surface area contributed by atoms with E-state index in [-0.39, 0.29) is 12.1 Å². The van der Waals surface area contributed by atoms with Crippen LogP contribution in [0.25, 0.3) is 44.1 Å². The van der Waals surface area contributed by atoms with Crippen LogP contribution < -0.4 is 9.80 Å². The fraction of sp³-hybridized carbons (Fsp3) is 0.140. The van der Waals surface area contributed by atoms with Crippen LogP contribution in [0.5, 0.6) is 0 Å². The third-order valence-corrected chi connectivity index (χ3v) is 11.7. The summed E-state index contributed by atoms with van der Waals surface area (Å²) in [5.41, 5.74) is 23.7. The lowest BCUT2D eigenvalue weighted by Crippen LogP contribution is -2.28. The van der Waals surface area contributed by atoms with Gasteiger partial charge in [-0.3, -0.25) is 0 Å². The topological polar surface area (TPSA) is 68.1 Å². The van der Waals surface area contributed by atoms with E-state index in [1.54, 1.807) is 0 Å². The molecule has 6 nitrogen and oxygen atoms in total. The van der Waals surface area contributed by atoms with Gasteiger partial charge in [-0.2, -0.15) is 0 Å². The number of aryl methyl sites for hydroxylation is 1. The molecule has 4 atom stereocenters. The van der Waals surface area contributed by atoms with E-state index in [2.05, 4.69) is 202 Å². The number of allylic oxidation sites excluding steroid dienone is 4. The van der Waals surface area contributed by atoms with Gasteiger partial charge in [0.1, 0.15) is 0 Å². The van der Waals surface area contributed by atoms with Gasteiger partial charge in [0.05, 0.1) is 23.5 Å². The quantitative estimate of drug-likeness (QED) is 0.0645. The second-order valence-electron chi connectivity index (χ2n) is 14.9. The van der Waals surface area contributed by atoms with Crippen LogP contribution in [0.3, 0.4) is 0 Å². The number of hydrogen-bond donors (Lipinski definition) is 0. The number of fused-ring (bicyclic) bond motifs is 6. The number of azide groups is 1. The summed E-state index contributed by atoms with van der Waals surface area (Å²) in [6.45, 7) is 0.502. The predicted molar refractivity (Wildman–Crippen MR) is 230 cm³/mol. The Hall–Kier alpha value is -6.88. The number of pyridine rings is 1.